The van der Waals surface area contributed by atoms with E-state index in [0.29, 0.717) is 36.5 Å². The van der Waals surface area contributed by atoms with Crippen LogP contribution < -0.4 is 0 Å². The molecule has 18 heteroatoms. The molecule has 3 aliphatic rings. The van der Waals surface area contributed by atoms with Crippen LogP contribution in [0.2, 0.25) is 38.3 Å². The summed E-state index contributed by atoms with van der Waals surface area (Å²) in [5.74, 6) is -11.6. The zero-order chi connectivity index (χ0) is 65.7. The van der Waals surface area contributed by atoms with Gasteiger partial charge in [-0.2, -0.15) is 0 Å². The lowest BCUT2D eigenvalue weighted by atomic mass is 9.59. The number of carboxylic acids is 1. The predicted octanol–water partition coefficient (Wildman–Crippen LogP) is 12.9. The molecule has 86 heavy (non-hydrogen) atoms. The van der Waals surface area contributed by atoms with Crippen molar-refractivity contribution in [2.75, 3.05) is 67.5 Å². The van der Waals surface area contributed by atoms with E-state index in [9.17, 15) is 19.5 Å². The highest BCUT2D eigenvalue weighted by Crippen LogP contribution is 2.56. The summed E-state index contributed by atoms with van der Waals surface area (Å²) < 4.78 is 12.9. The molecule has 3 fully saturated rings. The number of ether oxygens (including phenoxy) is 1. The van der Waals surface area contributed by atoms with E-state index in [1.54, 1.807) is 20.8 Å². The van der Waals surface area contributed by atoms with Crippen LogP contribution in [0, 0.1) is 69.0 Å². The molecule has 0 aromatic rings. The van der Waals surface area contributed by atoms with Crippen molar-refractivity contribution in [1.82, 2.24) is 19.6 Å². The molecule has 496 valence electrons. The lowest BCUT2D eigenvalue weighted by Gasteiger charge is -2.42. The summed E-state index contributed by atoms with van der Waals surface area (Å²) in [6, 6.07) is 1.22. The molecule has 0 saturated carbocycles. The number of aliphatic carboxylic acids is 1. The minimum Gasteiger partial charge on any atom is -0.481 e. The minimum absolute atomic E-state index is 0.0111. The van der Waals surface area contributed by atoms with E-state index in [1.807, 2.05) is 53.6 Å². The number of likely N-dealkylation sites (tertiary alicyclic amines) is 3. The number of imide groups is 3. The van der Waals surface area contributed by atoms with Crippen LogP contribution >= 0.6 is 0 Å². The number of likely N-dealkylation sites (N-methyl/N-ethyl adjacent to an activating group) is 2. The van der Waals surface area contributed by atoms with Crippen LogP contribution in [0.15, 0.2) is 0 Å². The number of hydrogen-bond donors (Lipinski definition) is 1. The van der Waals surface area contributed by atoms with Gasteiger partial charge in [0.15, 0.2) is 16.6 Å². The lowest BCUT2D eigenvalue weighted by Crippen LogP contribution is -2.47. The lowest BCUT2D eigenvalue weighted by molar-refractivity contribution is -0.889. The molecule has 16 nitrogen and oxygen atoms in total. The zero-order valence-electron chi connectivity index (χ0n) is 58.6. The van der Waals surface area contributed by atoms with Gasteiger partial charge < -0.3 is 23.3 Å². The van der Waals surface area contributed by atoms with Gasteiger partial charge in [-0.25, -0.2) is 0 Å². The fourth-order valence-electron chi connectivity index (χ4n) is 15.1. The van der Waals surface area contributed by atoms with Gasteiger partial charge in [0.1, 0.15) is 0 Å². The van der Waals surface area contributed by atoms with E-state index in [2.05, 4.69) is 74.9 Å². The Morgan fingerprint density at radius 1 is 0.581 bits per heavy atom. The fourth-order valence-corrected chi connectivity index (χ4v) is 24.2. The van der Waals surface area contributed by atoms with Crippen LogP contribution in [0.4, 0.5) is 0 Å². The largest absolute Gasteiger partial charge is 0.481 e. The number of carboxylic acid groups (broad SMARTS) is 1. The molecule has 9 unspecified atom stereocenters. The Morgan fingerprint density at radius 3 is 1.49 bits per heavy atom. The highest BCUT2D eigenvalue weighted by Gasteiger charge is 2.63. The maximum atomic E-state index is 15.6. The van der Waals surface area contributed by atoms with E-state index in [-0.39, 0.29) is 68.0 Å². The average Bonchev–Trinajstić information content (AvgIpc) is 2.03. The second kappa shape index (κ2) is 32.1. The van der Waals surface area contributed by atoms with Gasteiger partial charge in [0, 0.05) is 19.1 Å². The van der Waals surface area contributed by atoms with Gasteiger partial charge in [-0.05, 0) is 133 Å². The topological polar surface area (TPSA) is 188 Å². The van der Waals surface area contributed by atoms with E-state index in [1.165, 1.54) is 73.0 Å². The molecular weight excluding hydrogens is 1120 g/mol. The molecule has 0 radical (unpaired) electrons. The van der Waals surface area contributed by atoms with Gasteiger partial charge in [-0.1, -0.05) is 147 Å². The summed E-state index contributed by atoms with van der Waals surface area (Å²) in [5.41, 5.74) is -3.57. The van der Waals surface area contributed by atoms with Crippen molar-refractivity contribution in [3.8, 4) is 0 Å². The number of unbranched alkanes of at least 4 members (excludes halogenated alkanes) is 10. The van der Waals surface area contributed by atoms with E-state index >= 15 is 24.0 Å². The summed E-state index contributed by atoms with van der Waals surface area (Å²) in [6.45, 7) is 38.4. The van der Waals surface area contributed by atoms with Crippen molar-refractivity contribution in [2.45, 2.75) is 250 Å². The van der Waals surface area contributed by atoms with E-state index in [0.717, 1.165) is 38.3 Å². The molecule has 6 amide bonds. The van der Waals surface area contributed by atoms with Crippen molar-refractivity contribution in [2.24, 2.45) is 69.0 Å². The summed E-state index contributed by atoms with van der Waals surface area (Å²) in [4.78, 5) is 124. The Hall–Kier alpha value is -3.33. The summed E-state index contributed by atoms with van der Waals surface area (Å²) in [7, 11) is 3.83. The SMILES string of the molecule is CCCCCCCCCCCC[N+](C)(C)CCN1C(=O)C(CC(C)(C)C)C(C(C)(C)CC2C(=O)N(CCN(C)C)C(=O)C2C(C)(C)CC2C(=O)N(C(C)CC[Si](C)(C)O[Si](C)(C)CCCC)C(=O)C2C(C)(C)CC(C(=O)O)C(C)C(=O)OCC)C1=O. The number of esters is 1. The molecule has 3 heterocycles. The van der Waals surface area contributed by atoms with Crippen LogP contribution in [0.1, 0.15) is 206 Å². The predicted molar refractivity (Wildman–Crippen MR) is 349 cm³/mol. The van der Waals surface area contributed by atoms with Crippen LogP contribution in [0.3, 0.4) is 0 Å². The Morgan fingerprint density at radius 2 is 1.02 bits per heavy atom. The maximum absolute atomic E-state index is 15.6. The van der Waals surface area contributed by atoms with Crippen molar-refractivity contribution >= 4 is 64.0 Å². The number of amides is 6. The van der Waals surface area contributed by atoms with Gasteiger partial charge in [-0.15, -0.1) is 0 Å². The third-order valence-corrected chi connectivity index (χ3v) is 27.2. The molecule has 1 N–H and O–H groups in total. The fraction of sp³-hybridized carbons (Fsp3) is 0.882. The number of carbonyl (C=O) groups is 8. The van der Waals surface area contributed by atoms with Crippen molar-refractivity contribution < 1.29 is 56.8 Å². The Bertz CT molecular complexity index is 2290. The molecule has 0 aromatic carbocycles. The zero-order valence-corrected chi connectivity index (χ0v) is 60.6. The summed E-state index contributed by atoms with van der Waals surface area (Å²) in [6.07, 6.45) is 15.6. The molecular formula is C68H126N5O11Si2+. The van der Waals surface area contributed by atoms with E-state index in [4.69, 9.17) is 8.85 Å². The van der Waals surface area contributed by atoms with Gasteiger partial charge in [-0.3, -0.25) is 53.1 Å². The first-order valence-electron chi connectivity index (χ1n) is 33.7. The number of carbonyl (C=O) groups excluding carboxylic acids is 7. The number of nitrogens with zero attached hydrogens (tertiary/aromatic N) is 5. The van der Waals surface area contributed by atoms with Gasteiger partial charge in [0.25, 0.3) is 0 Å². The first-order chi connectivity index (χ1) is 39.5. The van der Waals surface area contributed by atoms with Crippen LogP contribution in [-0.2, 0) is 47.2 Å². The second-order valence-corrected chi connectivity index (χ2v) is 41.1. The summed E-state index contributed by atoms with van der Waals surface area (Å²) in [5, 5.41) is 10.7. The first kappa shape index (κ1) is 76.9. The number of quaternary nitrogens is 1. The van der Waals surface area contributed by atoms with Crippen molar-refractivity contribution in [1.29, 1.82) is 0 Å². The quantitative estimate of drug-likeness (QED) is 0.0201. The van der Waals surface area contributed by atoms with Gasteiger partial charge in [0.05, 0.1) is 87.7 Å². The smallest absolute Gasteiger partial charge is 0.309 e. The monoisotopic (exact) mass is 1240 g/mol. The van der Waals surface area contributed by atoms with Gasteiger partial charge in [0.2, 0.25) is 35.4 Å². The Labute approximate surface area is 525 Å². The standard InChI is InChI=1S/C68H125N5O11Si2/c1-23-26-28-29-30-31-32-33-34-35-40-73(17,18)41-39-71-57(74)51(44-65(6,7)8)54(61(71)78)67(11,12)46-52-55(60(77)70(58(52)75)38-37-69(15)16)68(13,14)47-53-56(66(9,10)45-50(63(80)81)49(5)64(82)83-25-3)62(79)72(59(53)76)48(4)36-43-86(21,22)84-85(19,20)42-27-24-2/h48-56H,23-47H2,1-22H3/p+1. The van der Waals surface area contributed by atoms with Gasteiger partial charge >= 0.3 is 11.9 Å². The highest BCUT2D eigenvalue weighted by molar-refractivity contribution is 6.84. The highest BCUT2D eigenvalue weighted by atomic mass is 28.4. The van der Waals surface area contributed by atoms with E-state index < -0.39 is 110 Å². The average molecular weight is 1250 g/mol. The Kier molecular flexibility index (Phi) is 28.7. The minimum atomic E-state index is -2.28. The molecule has 9 atom stereocenters. The number of rotatable bonds is 40. The third-order valence-electron chi connectivity index (χ3n) is 19.8. The van der Waals surface area contributed by atoms with Crippen LogP contribution in [-0.4, -0.2) is 167 Å². The summed E-state index contributed by atoms with van der Waals surface area (Å²) >= 11 is 0. The number of hydrogen-bond acceptors (Lipinski definition) is 11. The molecule has 0 spiro atoms. The normalized spacial score (nSPS) is 22.5. The third kappa shape index (κ3) is 21.4. The maximum Gasteiger partial charge on any atom is 0.309 e. The Balaban J connectivity index is 2.11. The molecule has 3 aliphatic heterocycles. The second-order valence-electron chi connectivity index (χ2n) is 32.3. The molecule has 3 saturated heterocycles. The van der Waals surface area contributed by atoms with Crippen LogP contribution in [0.25, 0.3) is 0 Å². The van der Waals surface area contributed by atoms with Crippen molar-refractivity contribution in [3.63, 3.8) is 0 Å². The van der Waals surface area contributed by atoms with Crippen molar-refractivity contribution in [3.05, 3.63) is 0 Å². The first-order valence-corrected chi connectivity index (χ1v) is 39.9. The molecule has 0 bridgehead atoms. The molecule has 3 rings (SSSR count). The molecule has 0 aromatic heterocycles. The molecule has 0 aliphatic carbocycles. The van der Waals surface area contributed by atoms with Crippen LogP contribution in [0.5, 0.6) is 0 Å².